The first kappa shape index (κ1) is 20.5. The molecular formula is C14H5Cl3F3N7. The van der Waals surface area contributed by atoms with E-state index in [9.17, 15) is 13.2 Å². The Kier molecular flexibility index (Phi) is 5.96. The molecule has 2 N–H and O–H groups in total. The molecule has 138 valence electrons. The van der Waals surface area contributed by atoms with Crippen LogP contribution in [0.4, 0.5) is 13.2 Å². The summed E-state index contributed by atoms with van der Waals surface area (Å²) in [6.45, 7) is 0. The summed E-state index contributed by atoms with van der Waals surface area (Å²) in [6, 6.07) is 4.48. The number of allylic oxidation sites excluding steroid dienone is 2. The van der Waals surface area contributed by atoms with E-state index in [1.54, 1.807) is 12.1 Å². The van der Waals surface area contributed by atoms with Crippen molar-refractivity contribution in [3.8, 4) is 17.8 Å². The smallest absolute Gasteiger partial charge is 0.388 e. The largest absolute Gasteiger partial charge is 0.416 e. The first-order valence-corrected chi connectivity index (χ1v) is 7.75. The molecule has 0 aliphatic rings. The van der Waals surface area contributed by atoms with Crippen molar-refractivity contribution in [3.63, 3.8) is 0 Å². The molecule has 0 spiro atoms. The minimum absolute atomic E-state index is 0.129. The van der Waals surface area contributed by atoms with E-state index in [2.05, 4.69) is 15.1 Å². The van der Waals surface area contributed by atoms with Gasteiger partial charge in [-0.3, -0.25) is 0 Å². The highest BCUT2D eigenvalue weighted by molar-refractivity contribution is 6.38. The number of nitrogens with two attached hydrogens (primary N) is 1. The number of aliphatic imine (C=N–C) groups is 1. The fourth-order valence-electron chi connectivity index (χ4n) is 1.77. The van der Waals surface area contributed by atoms with Crippen LogP contribution >= 0.6 is 34.8 Å². The second kappa shape index (κ2) is 7.84. The van der Waals surface area contributed by atoms with Crippen LogP contribution < -0.4 is 5.73 Å². The standard InChI is InChI=1S/C14H5Cl3F3N7/c15-7-1-6(14(18,19)20)2-8(16)12(7)27-13(17)25-11(26-27)5-24-10(4-22)9(23)3-21/h1-2,5H,23H2. The van der Waals surface area contributed by atoms with Crippen LogP contribution in [0.25, 0.3) is 5.69 Å². The van der Waals surface area contributed by atoms with Crippen LogP contribution in [0.1, 0.15) is 11.4 Å². The molecule has 0 aliphatic carbocycles. The number of nitrogens with zero attached hydrogens (tertiary/aromatic N) is 6. The minimum Gasteiger partial charge on any atom is -0.388 e. The fourth-order valence-corrected chi connectivity index (χ4v) is 2.63. The molecule has 2 aromatic rings. The average molecular weight is 435 g/mol. The first-order valence-electron chi connectivity index (χ1n) is 6.61. The van der Waals surface area contributed by atoms with Gasteiger partial charge in [0.2, 0.25) is 5.28 Å². The summed E-state index contributed by atoms with van der Waals surface area (Å²) >= 11 is 17.7. The lowest BCUT2D eigenvalue weighted by Crippen LogP contribution is -2.07. The molecule has 1 aromatic carbocycles. The topological polar surface area (TPSA) is 117 Å². The highest BCUT2D eigenvalue weighted by Gasteiger charge is 2.32. The van der Waals surface area contributed by atoms with E-state index >= 15 is 0 Å². The van der Waals surface area contributed by atoms with Crippen molar-refractivity contribution in [2.24, 2.45) is 10.7 Å². The second-order valence-electron chi connectivity index (χ2n) is 4.68. The van der Waals surface area contributed by atoms with E-state index in [0.29, 0.717) is 12.1 Å². The van der Waals surface area contributed by atoms with E-state index in [1.165, 1.54) is 0 Å². The van der Waals surface area contributed by atoms with Crippen molar-refractivity contribution >= 4 is 41.0 Å². The lowest BCUT2D eigenvalue weighted by atomic mass is 10.2. The number of aromatic nitrogens is 3. The van der Waals surface area contributed by atoms with Crippen LogP contribution in [0.15, 0.2) is 28.5 Å². The molecule has 0 saturated carbocycles. The lowest BCUT2D eigenvalue weighted by Gasteiger charge is -2.12. The van der Waals surface area contributed by atoms with Gasteiger partial charge >= 0.3 is 6.18 Å². The summed E-state index contributed by atoms with van der Waals surface area (Å²) in [6.07, 6.45) is -3.66. The molecule has 0 bridgehead atoms. The number of halogens is 6. The maximum atomic E-state index is 12.8. The van der Waals surface area contributed by atoms with Crippen LogP contribution in [-0.4, -0.2) is 21.0 Å². The number of hydrogen-bond acceptors (Lipinski definition) is 6. The maximum absolute atomic E-state index is 12.8. The van der Waals surface area contributed by atoms with Crippen molar-refractivity contribution < 1.29 is 13.2 Å². The van der Waals surface area contributed by atoms with Gasteiger partial charge in [0.05, 0.1) is 21.8 Å². The molecule has 0 radical (unpaired) electrons. The van der Waals surface area contributed by atoms with Crippen molar-refractivity contribution in [2.45, 2.75) is 6.18 Å². The van der Waals surface area contributed by atoms with Gasteiger partial charge in [0.15, 0.2) is 11.5 Å². The molecule has 0 amide bonds. The fraction of sp³-hybridized carbons (Fsp3) is 0.0714. The number of rotatable bonds is 3. The SMILES string of the molecule is N#CC(N)=C(C#N)N=Cc1nc(Cl)n(-c2c(Cl)cc(C(F)(F)F)cc2Cl)n1. The van der Waals surface area contributed by atoms with Gasteiger partial charge in [-0.25, -0.2) is 4.99 Å². The third kappa shape index (κ3) is 4.49. The second-order valence-corrected chi connectivity index (χ2v) is 5.83. The lowest BCUT2D eigenvalue weighted by molar-refractivity contribution is -0.137. The molecule has 1 heterocycles. The molecule has 0 unspecified atom stereocenters. The average Bonchev–Trinajstić information content (AvgIpc) is 2.94. The van der Waals surface area contributed by atoms with Crippen LogP contribution in [0.2, 0.25) is 15.3 Å². The van der Waals surface area contributed by atoms with Crippen molar-refractivity contribution in [1.29, 1.82) is 10.5 Å². The molecule has 1 aromatic heterocycles. The van der Waals surface area contributed by atoms with Gasteiger partial charge in [0, 0.05) is 0 Å². The van der Waals surface area contributed by atoms with Crippen LogP contribution in [-0.2, 0) is 6.18 Å². The Morgan fingerprint density at radius 3 is 2.26 bits per heavy atom. The molecule has 2 rings (SSSR count). The Balaban J connectivity index is 2.50. The Labute approximate surface area is 164 Å². The van der Waals surface area contributed by atoms with E-state index in [1.807, 2.05) is 0 Å². The highest BCUT2D eigenvalue weighted by atomic mass is 35.5. The van der Waals surface area contributed by atoms with Crippen molar-refractivity contribution in [1.82, 2.24) is 14.8 Å². The predicted octanol–water partition coefficient (Wildman–Crippen LogP) is 3.88. The van der Waals surface area contributed by atoms with Crippen LogP contribution in [0.3, 0.4) is 0 Å². The molecule has 13 heteroatoms. The first-order chi connectivity index (χ1) is 12.6. The van der Waals surface area contributed by atoms with E-state index in [0.717, 1.165) is 10.9 Å². The third-order valence-corrected chi connectivity index (χ3v) is 3.75. The molecule has 27 heavy (non-hydrogen) atoms. The van der Waals surface area contributed by atoms with E-state index < -0.39 is 17.4 Å². The maximum Gasteiger partial charge on any atom is 0.416 e. The highest BCUT2D eigenvalue weighted by Crippen LogP contribution is 2.37. The molecular weight excluding hydrogens is 430 g/mol. The molecule has 0 aliphatic heterocycles. The quantitative estimate of drug-likeness (QED) is 0.581. The van der Waals surface area contributed by atoms with Crippen molar-refractivity contribution in [3.05, 3.63) is 50.2 Å². The summed E-state index contributed by atoms with van der Waals surface area (Å²) in [5.41, 5.74) is 3.31. The van der Waals surface area contributed by atoms with Crippen LogP contribution in [0.5, 0.6) is 0 Å². The molecule has 0 saturated heterocycles. The van der Waals surface area contributed by atoms with Gasteiger partial charge in [-0.2, -0.15) is 33.4 Å². The van der Waals surface area contributed by atoms with Gasteiger partial charge in [-0.1, -0.05) is 23.2 Å². The monoisotopic (exact) mass is 433 g/mol. The van der Waals surface area contributed by atoms with Gasteiger partial charge < -0.3 is 5.73 Å². The number of nitriles is 2. The summed E-state index contributed by atoms with van der Waals surface area (Å²) in [5, 5.41) is 20.4. The van der Waals surface area contributed by atoms with Gasteiger partial charge in [-0.15, -0.1) is 5.10 Å². The normalized spacial score (nSPS) is 12.6. The Morgan fingerprint density at radius 1 is 1.19 bits per heavy atom. The zero-order valence-corrected chi connectivity index (χ0v) is 15.0. The Morgan fingerprint density at radius 2 is 1.78 bits per heavy atom. The minimum atomic E-state index is -4.64. The van der Waals surface area contributed by atoms with E-state index in [4.69, 9.17) is 51.1 Å². The summed E-state index contributed by atoms with van der Waals surface area (Å²) in [4.78, 5) is 7.46. The summed E-state index contributed by atoms with van der Waals surface area (Å²) in [7, 11) is 0. The summed E-state index contributed by atoms with van der Waals surface area (Å²) < 4.78 is 39.3. The zero-order chi connectivity index (χ0) is 20.4. The van der Waals surface area contributed by atoms with Gasteiger partial charge in [0.25, 0.3) is 0 Å². The molecule has 0 fully saturated rings. The van der Waals surface area contributed by atoms with Gasteiger partial charge in [-0.05, 0) is 23.7 Å². The molecule has 7 nitrogen and oxygen atoms in total. The number of alkyl halides is 3. The van der Waals surface area contributed by atoms with Gasteiger partial charge in [0.1, 0.15) is 23.5 Å². The van der Waals surface area contributed by atoms with Crippen molar-refractivity contribution in [2.75, 3.05) is 0 Å². The Hall–Kier alpha value is -2.79. The number of benzene rings is 1. The Bertz CT molecular complexity index is 1020. The van der Waals surface area contributed by atoms with Crippen LogP contribution in [0, 0.1) is 22.7 Å². The number of hydrogen-bond donors (Lipinski definition) is 1. The molecule has 0 atom stereocenters. The predicted molar refractivity (Wildman–Crippen MR) is 91.4 cm³/mol. The third-order valence-electron chi connectivity index (χ3n) is 2.93. The zero-order valence-electron chi connectivity index (χ0n) is 12.8. The summed E-state index contributed by atoms with van der Waals surface area (Å²) in [5.74, 6) is -0.134. The van der Waals surface area contributed by atoms with E-state index in [-0.39, 0.29) is 32.5 Å².